The van der Waals surface area contributed by atoms with Crippen LogP contribution in [-0.2, 0) is 0 Å². The first-order chi connectivity index (χ1) is 6.96. The second-order valence-corrected chi connectivity index (χ2v) is 5.01. The summed E-state index contributed by atoms with van der Waals surface area (Å²) in [6, 6.07) is 0. The fourth-order valence-corrected chi connectivity index (χ4v) is 1.88. The summed E-state index contributed by atoms with van der Waals surface area (Å²) in [7, 11) is 0. The highest BCUT2D eigenvalue weighted by Crippen LogP contribution is 2.21. The van der Waals surface area contributed by atoms with Crippen molar-refractivity contribution in [1.82, 2.24) is 9.97 Å². The maximum atomic E-state index is 11.3. The topological polar surface area (TPSA) is 57.8 Å². The number of H-pyrrole nitrogens is 1. The van der Waals surface area contributed by atoms with Crippen LogP contribution in [0.4, 0.5) is 5.82 Å². The molecule has 1 heterocycles. The Morgan fingerprint density at radius 1 is 1.67 bits per heavy atom. The van der Waals surface area contributed by atoms with E-state index in [0.717, 1.165) is 6.42 Å². The van der Waals surface area contributed by atoms with E-state index in [1.807, 2.05) is 13.8 Å². The molecule has 6 heteroatoms. The molecule has 0 radical (unpaired) electrons. The molecule has 0 atom stereocenters. The van der Waals surface area contributed by atoms with Gasteiger partial charge >= 0.3 is 0 Å². The Hall–Kier alpha value is -0.550. The molecule has 1 aromatic heterocycles. The molecule has 0 amide bonds. The van der Waals surface area contributed by atoms with Crippen LogP contribution in [-0.4, -0.2) is 21.4 Å². The number of hydrogen-bond acceptors (Lipinski definition) is 3. The van der Waals surface area contributed by atoms with E-state index in [1.165, 1.54) is 6.33 Å². The molecule has 2 N–H and O–H groups in total. The molecular formula is C9H13BrClN3O. The van der Waals surface area contributed by atoms with Crippen LogP contribution in [0.3, 0.4) is 0 Å². The first kappa shape index (κ1) is 12.5. The van der Waals surface area contributed by atoms with Crippen molar-refractivity contribution in [2.24, 2.45) is 0 Å². The number of hydrogen-bond donors (Lipinski definition) is 2. The third-order valence-corrected chi connectivity index (χ3v) is 2.90. The predicted molar refractivity (Wildman–Crippen MR) is 65.6 cm³/mol. The van der Waals surface area contributed by atoms with E-state index >= 15 is 0 Å². The van der Waals surface area contributed by atoms with E-state index in [1.54, 1.807) is 0 Å². The normalized spacial score (nSPS) is 11.5. The van der Waals surface area contributed by atoms with E-state index in [0.29, 0.717) is 16.2 Å². The number of anilines is 1. The van der Waals surface area contributed by atoms with Gasteiger partial charge < -0.3 is 10.3 Å². The minimum absolute atomic E-state index is 0.189. The lowest BCUT2D eigenvalue weighted by Crippen LogP contribution is -2.32. The monoisotopic (exact) mass is 293 g/mol. The van der Waals surface area contributed by atoms with Crippen LogP contribution in [0.25, 0.3) is 0 Å². The molecule has 84 valence electrons. The number of aromatic amines is 1. The summed E-state index contributed by atoms with van der Waals surface area (Å²) >= 11 is 8.87. The van der Waals surface area contributed by atoms with Crippen LogP contribution < -0.4 is 10.9 Å². The smallest absolute Gasteiger partial charge is 0.267 e. The van der Waals surface area contributed by atoms with Gasteiger partial charge in [0, 0.05) is 11.4 Å². The Balaban J connectivity index is 2.90. The Bertz CT molecular complexity index is 391. The number of aromatic nitrogens is 2. The van der Waals surface area contributed by atoms with Crippen molar-refractivity contribution in [1.29, 1.82) is 0 Å². The van der Waals surface area contributed by atoms with Gasteiger partial charge in [-0.05, 0) is 36.2 Å². The third-order valence-electron chi connectivity index (χ3n) is 1.97. The fourth-order valence-electron chi connectivity index (χ4n) is 1.09. The molecule has 0 fully saturated rings. The fraction of sp³-hybridized carbons (Fsp3) is 0.556. The summed E-state index contributed by atoms with van der Waals surface area (Å²) in [6.45, 7) is 4.01. The van der Waals surface area contributed by atoms with Crippen molar-refractivity contribution in [3.05, 3.63) is 21.2 Å². The molecule has 0 saturated heterocycles. The van der Waals surface area contributed by atoms with Crippen LogP contribution in [0.15, 0.2) is 15.6 Å². The highest BCUT2D eigenvalue weighted by molar-refractivity contribution is 9.10. The maximum Gasteiger partial charge on any atom is 0.267 e. The van der Waals surface area contributed by atoms with Crippen molar-refractivity contribution in [3.63, 3.8) is 0 Å². The largest absolute Gasteiger partial charge is 0.364 e. The van der Waals surface area contributed by atoms with Gasteiger partial charge in [0.05, 0.1) is 6.33 Å². The standard InChI is InChI=1S/C9H13BrClN3O/c1-9(2,3-4-11)14-7-6(10)8(15)13-5-12-7/h5H,3-4H2,1-2H3,(H2,12,13,14,15). The van der Waals surface area contributed by atoms with Crippen LogP contribution in [0, 0.1) is 0 Å². The average Bonchev–Trinajstić information content (AvgIpc) is 2.12. The lowest BCUT2D eigenvalue weighted by molar-refractivity contribution is 0.547. The summed E-state index contributed by atoms with van der Waals surface area (Å²) in [4.78, 5) is 17.8. The van der Waals surface area contributed by atoms with Gasteiger partial charge in [0.25, 0.3) is 5.56 Å². The molecule has 0 spiro atoms. The van der Waals surface area contributed by atoms with Gasteiger partial charge in [0.2, 0.25) is 0 Å². The zero-order chi connectivity index (χ0) is 11.5. The number of nitrogens with zero attached hydrogens (tertiary/aromatic N) is 1. The van der Waals surface area contributed by atoms with Gasteiger partial charge in [0.1, 0.15) is 10.3 Å². The van der Waals surface area contributed by atoms with Crippen molar-refractivity contribution in [2.75, 3.05) is 11.2 Å². The Morgan fingerprint density at radius 2 is 2.33 bits per heavy atom. The maximum absolute atomic E-state index is 11.3. The van der Waals surface area contributed by atoms with Crippen molar-refractivity contribution >= 4 is 33.3 Å². The summed E-state index contributed by atoms with van der Waals surface area (Å²) in [5, 5.41) is 3.17. The molecule has 0 aliphatic rings. The highest BCUT2D eigenvalue weighted by atomic mass is 79.9. The second-order valence-electron chi connectivity index (χ2n) is 3.84. The lowest BCUT2D eigenvalue weighted by Gasteiger charge is -2.26. The highest BCUT2D eigenvalue weighted by Gasteiger charge is 2.19. The predicted octanol–water partition coefficient (Wildman–Crippen LogP) is 2.35. The summed E-state index contributed by atoms with van der Waals surface area (Å²) in [6.07, 6.45) is 2.15. The quantitative estimate of drug-likeness (QED) is 0.838. The van der Waals surface area contributed by atoms with E-state index in [-0.39, 0.29) is 11.1 Å². The van der Waals surface area contributed by atoms with E-state index in [9.17, 15) is 4.79 Å². The molecule has 1 aromatic rings. The van der Waals surface area contributed by atoms with Crippen LogP contribution in [0.5, 0.6) is 0 Å². The number of rotatable bonds is 4. The van der Waals surface area contributed by atoms with Crippen molar-refractivity contribution in [2.45, 2.75) is 25.8 Å². The average molecular weight is 295 g/mol. The van der Waals surface area contributed by atoms with Gasteiger partial charge in [-0.25, -0.2) is 4.98 Å². The van der Waals surface area contributed by atoms with Gasteiger partial charge in [-0.15, -0.1) is 11.6 Å². The van der Waals surface area contributed by atoms with E-state index in [4.69, 9.17) is 11.6 Å². The Morgan fingerprint density at radius 3 is 2.93 bits per heavy atom. The summed E-state index contributed by atoms with van der Waals surface area (Å²) in [5.41, 5.74) is -0.389. The van der Waals surface area contributed by atoms with Crippen molar-refractivity contribution in [3.8, 4) is 0 Å². The minimum atomic E-state index is -0.200. The molecule has 0 aliphatic carbocycles. The molecule has 15 heavy (non-hydrogen) atoms. The minimum Gasteiger partial charge on any atom is -0.364 e. The van der Waals surface area contributed by atoms with Crippen LogP contribution in [0.2, 0.25) is 0 Å². The Labute approximate surface area is 102 Å². The second kappa shape index (κ2) is 4.99. The Kier molecular flexibility index (Phi) is 4.16. The molecule has 0 aromatic carbocycles. The van der Waals surface area contributed by atoms with Gasteiger partial charge in [0.15, 0.2) is 0 Å². The molecular weight excluding hydrogens is 281 g/mol. The molecule has 1 rings (SSSR count). The summed E-state index contributed by atoms with van der Waals surface area (Å²) in [5.74, 6) is 1.09. The van der Waals surface area contributed by atoms with Gasteiger partial charge in [-0.1, -0.05) is 0 Å². The molecule has 4 nitrogen and oxygen atoms in total. The molecule has 0 unspecified atom stereocenters. The van der Waals surface area contributed by atoms with Gasteiger partial charge in [-0.2, -0.15) is 0 Å². The molecule has 0 aliphatic heterocycles. The molecule has 0 saturated carbocycles. The zero-order valence-corrected chi connectivity index (χ0v) is 10.9. The number of alkyl halides is 1. The lowest BCUT2D eigenvalue weighted by atomic mass is 10.0. The van der Waals surface area contributed by atoms with E-state index in [2.05, 4.69) is 31.2 Å². The zero-order valence-electron chi connectivity index (χ0n) is 8.60. The number of nitrogens with one attached hydrogen (secondary N) is 2. The van der Waals surface area contributed by atoms with Crippen LogP contribution in [0.1, 0.15) is 20.3 Å². The first-order valence-electron chi connectivity index (χ1n) is 4.53. The third kappa shape index (κ3) is 3.50. The number of halogens is 2. The van der Waals surface area contributed by atoms with E-state index < -0.39 is 0 Å². The molecule has 0 bridgehead atoms. The van der Waals surface area contributed by atoms with Crippen LogP contribution >= 0.6 is 27.5 Å². The van der Waals surface area contributed by atoms with Crippen molar-refractivity contribution < 1.29 is 0 Å². The first-order valence-corrected chi connectivity index (χ1v) is 5.86. The summed E-state index contributed by atoms with van der Waals surface area (Å²) < 4.78 is 0.410. The SMILES string of the molecule is CC(C)(CCCl)Nc1nc[nH]c(=O)c1Br. The van der Waals surface area contributed by atoms with Gasteiger partial charge in [-0.3, -0.25) is 4.79 Å².